The molecule has 106 valence electrons. The first-order valence-corrected chi connectivity index (χ1v) is 6.67. The molecule has 0 aliphatic carbocycles. The average molecular weight is 280 g/mol. The highest BCUT2D eigenvalue weighted by Crippen LogP contribution is 2.17. The normalized spacial score (nSPS) is 10.6. The van der Waals surface area contributed by atoms with E-state index in [0.29, 0.717) is 11.3 Å². The molecule has 0 fully saturated rings. The minimum atomic E-state index is -0.142. The molecule has 0 bridgehead atoms. The number of carbonyl (C=O) groups excluding carboxylic acids is 1. The molecule has 0 atom stereocenters. The third kappa shape index (κ3) is 2.72. The topological polar surface area (TPSA) is 51.9 Å². The van der Waals surface area contributed by atoms with Crippen molar-refractivity contribution >= 4 is 11.6 Å². The van der Waals surface area contributed by atoms with Crippen LogP contribution >= 0.6 is 0 Å². The third-order valence-corrected chi connectivity index (χ3v) is 3.32. The lowest BCUT2D eigenvalue weighted by atomic mass is 10.1. The van der Waals surface area contributed by atoms with E-state index in [2.05, 4.69) is 10.4 Å². The van der Waals surface area contributed by atoms with Crippen LogP contribution < -0.4 is 5.32 Å². The molecular formula is C16H16N4O. The van der Waals surface area contributed by atoms with Crippen molar-refractivity contribution in [2.24, 2.45) is 7.05 Å². The van der Waals surface area contributed by atoms with Gasteiger partial charge in [-0.05, 0) is 36.8 Å². The molecule has 0 radical (unpaired) electrons. The zero-order valence-electron chi connectivity index (χ0n) is 11.9. The molecule has 2 heterocycles. The zero-order chi connectivity index (χ0) is 14.8. The van der Waals surface area contributed by atoms with Crippen LogP contribution in [0.4, 0.5) is 5.69 Å². The van der Waals surface area contributed by atoms with Crippen molar-refractivity contribution in [1.82, 2.24) is 14.3 Å². The summed E-state index contributed by atoms with van der Waals surface area (Å²) in [5.74, 6) is -0.142. The van der Waals surface area contributed by atoms with E-state index in [1.54, 1.807) is 17.1 Å². The van der Waals surface area contributed by atoms with E-state index < -0.39 is 0 Å². The van der Waals surface area contributed by atoms with Crippen LogP contribution in [0.15, 0.2) is 55.1 Å². The monoisotopic (exact) mass is 280 g/mol. The number of nitrogens with zero attached hydrogens (tertiary/aromatic N) is 3. The van der Waals surface area contributed by atoms with Gasteiger partial charge in [0.05, 0.1) is 11.9 Å². The Hall–Kier alpha value is -2.82. The smallest absolute Gasteiger partial charge is 0.255 e. The molecule has 0 aliphatic rings. The highest BCUT2D eigenvalue weighted by Gasteiger charge is 2.10. The first kappa shape index (κ1) is 13.2. The lowest BCUT2D eigenvalue weighted by Crippen LogP contribution is -2.12. The molecule has 0 saturated heterocycles. The van der Waals surface area contributed by atoms with Crippen LogP contribution in [0.5, 0.6) is 0 Å². The number of carbonyl (C=O) groups is 1. The van der Waals surface area contributed by atoms with E-state index in [9.17, 15) is 4.79 Å². The van der Waals surface area contributed by atoms with Gasteiger partial charge in [-0.3, -0.25) is 9.48 Å². The van der Waals surface area contributed by atoms with Crippen LogP contribution in [0.1, 0.15) is 15.9 Å². The first-order chi connectivity index (χ1) is 10.1. The molecular weight excluding hydrogens is 264 g/mol. The Balaban J connectivity index is 1.89. The Morgan fingerprint density at radius 3 is 2.67 bits per heavy atom. The van der Waals surface area contributed by atoms with Gasteiger partial charge < -0.3 is 9.88 Å². The summed E-state index contributed by atoms with van der Waals surface area (Å²) in [6.07, 6.45) is 7.31. The molecule has 1 amide bonds. The van der Waals surface area contributed by atoms with Gasteiger partial charge in [0.15, 0.2) is 0 Å². The second-order valence-corrected chi connectivity index (χ2v) is 4.95. The van der Waals surface area contributed by atoms with Gasteiger partial charge in [0, 0.05) is 36.9 Å². The average Bonchev–Trinajstić information content (AvgIpc) is 3.11. The molecule has 21 heavy (non-hydrogen) atoms. The fourth-order valence-electron chi connectivity index (χ4n) is 2.21. The third-order valence-electron chi connectivity index (χ3n) is 3.32. The predicted molar refractivity (Wildman–Crippen MR) is 81.7 cm³/mol. The summed E-state index contributed by atoms with van der Waals surface area (Å²) in [5, 5.41) is 6.87. The number of amides is 1. The summed E-state index contributed by atoms with van der Waals surface area (Å²) < 4.78 is 3.65. The van der Waals surface area contributed by atoms with Crippen molar-refractivity contribution in [1.29, 1.82) is 0 Å². The largest absolute Gasteiger partial charge is 0.324 e. The van der Waals surface area contributed by atoms with Gasteiger partial charge in [0.1, 0.15) is 0 Å². The summed E-state index contributed by atoms with van der Waals surface area (Å²) in [7, 11) is 1.81. The summed E-state index contributed by atoms with van der Waals surface area (Å²) >= 11 is 0. The van der Waals surface area contributed by atoms with Crippen LogP contribution in [-0.2, 0) is 7.05 Å². The van der Waals surface area contributed by atoms with E-state index in [1.165, 1.54) is 0 Å². The summed E-state index contributed by atoms with van der Waals surface area (Å²) in [5.41, 5.74) is 3.42. The van der Waals surface area contributed by atoms with E-state index in [4.69, 9.17) is 0 Å². The Labute approximate surface area is 122 Å². The van der Waals surface area contributed by atoms with Crippen molar-refractivity contribution in [3.8, 4) is 5.69 Å². The lowest BCUT2D eigenvalue weighted by molar-refractivity contribution is 0.102. The number of benzene rings is 1. The maximum atomic E-state index is 12.3. The van der Waals surface area contributed by atoms with Crippen LogP contribution in [0.25, 0.3) is 5.69 Å². The Morgan fingerprint density at radius 1 is 1.24 bits per heavy atom. The SMILES string of the molecule is Cc1ccc(C(=O)Nc2cnn(C)c2)cc1-n1cccc1. The van der Waals surface area contributed by atoms with Crippen molar-refractivity contribution < 1.29 is 4.79 Å². The Bertz CT molecular complexity index is 771. The minimum absolute atomic E-state index is 0.142. The van der Waals surface area contributed by atoms with Crippen molar-refractivity contribution in [2.45, 2.75) is 6.92 Å². The number of hydrogen-bond acceptors (Lipinski definition) is 2. The molecule has 3 aromatic rings. The lowest BCUT2D eigenvalue weighted by Gasteiger charge is -2.10. The number of aryl methyl sites for hydroxylation is 2. The van der Waals surface area contributed by atoms with Crippen LogP contribution in [0.2, 0.25) is 0 Å². The molecule has 0 aliphatic heterocycles. The highest BCUT2D eigenvalue weighted by atomic mass is 16.1. The van der Waals surface area contributed by atoms with Crippen molar-refractivity contribution in [3.05, 3.63) is 66.2 Å². The van der Waals surface area contributed by atoms with Gasteiger partial charge >= 0.3 is 0 Å². The Kier molecular flexibility index (Phi) is 3.31. The maximum absolute atomic E-state index is 12.3. The van der Waals surface area contributed by atoms with Crippen LogP contribution in [-0.4, -0.2) is 20.3 Å². The van der Waals surface area contributed by atoms with E-state index >= 15 is 0 Å². The van der Waals surface area contributed by atoms with Gasteiger partial charge in [0.25, 0.3) is 5.91 Å². The van der Waals surface area contributed by atoms with Gasteiger partial charge in [-0.2, -0.15) is 5.10 Å². The predicted octanol–water partition coefficient (Wildman–Crippen LogP) is 2.77. The molecule has 0 spiro atoms. The first-order valence-electron chi connectivity index (χ1n) is 6.67. The summed E-state index contributed by atoms with van der Waals surface area (Å²) in [6, 6.07) is 9.59. The van der Waals surface area contributed by atoms with Gasteiger partial charge in [-0.25, -0.2) is 0 Å². The molecule has 0 unspecified atom stereocenters. The molecule has 2 aromatic heterocycles. The van der Waals surface area contributed by atoms with Gasteiger partial charge in [0.2, 0.25) is 0 Å². The van der Waals surface area contributed by atoms with Crippen molar-refractivity contribution in [3.63, 3.8) is 0 Å². The number of aromatic nitrogens is 3. The second-order valence-electron chi connectivity index (χ2n) is 4.95. The number of hydrogen-bond donors (Lipinski definition) is 1. The zero-order valence-corrected chi connectivity index (χ0v) is 11.9. The van der Waals surface area contributed by atoms with Gasteiger partial charge in [-0.1, -0.05) is 6.07 Å². The minimum Gasteiger partial charge on any atom is -0.324 e. The maximum Gasteiger partial charge on any atom is 0.255 e. The number of nitrogens with one attached hydrogen (secondary N) is 1. The molecule has 5 heteroatoms. The molecule has 5 nitrogen and oxygen atoms in total. The van der Waals surface area contributed by atoms with Gasteiger partial charge in [-0.15, -0.1) is 0 Å². The molecule has 0 saturated carbocycles. The van der Waals surface area contributed by atoms with E-state index in [0.717, 1.165) is 11.3 Å². The number of anilines is 1. The van der Waals surface area contributed by atoms with Crippen molar-refractivity contribution in [2.75, 3.05) is 5.32 Å². The quantitative estimate of drug-likeness (QED) is 0.802. The molecule has 1 N–H and O–H groups in total. The fraction of sp³-hybridized carbons (Fsp3) is 0.125. The standard InChI is InChI=1S/C16H16N4O/c1-12-5-6-13(9-15(12)20-7-3-4-8-20)16(21)18-14-10-17-19(2)11-14/h3-11H,1-2H3,(H,18,21). The molecule has 3 rings (SSSR count). The highest BCUT2D eigenvalue weighted by molar-refractivity contribution is 6.04. The van der Waals surface area contributed by atoms with Crippen LogP contribution in [0, 0.1) is 6.92 Å². The van der Waals surface area contributed by atoms with Crippen LogP contribution in [0.3, 0.4) is 0 Å². The summed E-state index contributed by atoms with van der Waals surface area (Å²) in [6.45, 7) is 2.03. The van der Waals surface area contributed by atoms with E-state index in [1.807, 2.05) is 61.3 Å². The summed E-state index contributed by atoms with van der Waals surface area (Å²) in [4.78, 5) is 12.3. The molecule has 1 aromatic carbocycles. The second kappa shape index (κ2) is 5.28. The van der Waals surface area contributed by atoms with E-state index in [-0.39, 0.29) is 5.91 Å². The fourth-order valence-corrected chi connectivity index (χ4v) is 2.21. The number of rotatable bonds is 3. The Morgan fingerprint density at radius 2 is 2.00 bits per heavy atom.